The third-order valence-electron chi connectivity index (χ3n) is 2.52. The molecule has 0 saturated carbocycles. The van der Waals surface area contributed by atoms with Crippen molar-refractivity contribution in [2.75, 3.05) is 18.5 Å². The van der Waals surface area contributed by atoms with Crippen LogP contribution in [-0.2, 0) is 6.42 Å². The summed E-state index contributed by atoms with van der Waals surface area (Å²) < 4.78 is 12.9. The normalized spacial score (nSPS) is 10.2. The summed E-state index contributed by atoms with van der Waals surface area (Å²) in [5, 5.41) is 0. The Kier molecular flexibility index (Phi) is 3.65. The highest BCUT2D eigenvalue weighted by Gasteiger charge is 2.03. The molecule has 4 heteroatoms. The Bertz CT molecular complexity index is 473. The highest BCUT2D eigenvalue weighted by molar-refractivity contribution is 5.36. The lowest BCUT2D eigenvalue weighted by Gasteiger charge is -2.17. The van der Waals surface area contributed by atoms with Crippen molar-refractivity contribution in [2.24, 2.45) is 0 Å². The van der Waals surface area contributed by atoms with Crippen LogP contribution in [0.3, 0.4) is 0 Å². The molecule has 2 heterocycles. The Labute approximate surface area is 99.9 Å². The van der Waals surface area contributed by atoms with Crippen molar-refractivity contribution in [3.63, 3.8) is 0 Å². The summed E-state index contributed by atoms with van der Waals surface area (Å²) in [6, 6.07) is 10.6. The number of nitrogens with zero attached hydrogens (tertiary/aromatic N) is 3. The second kappa shape index (κ2) is 5.39. The van der Waals surface area contributed by atoms with E-state index >= 15 is 0 Å². The van der Waals surface area contributed by atoms with Crippen LogP contribution in [0.1, 0.15) is 5.69 Å². The van der Waals surface area contributed by atoms with Gasteiger partial charge in [-0.3, -0.25) is 4.98 Å². The SMILES string of the molecule is CN(CCc1ccccn1)c1cccc(F)n1. The Morgan fingerprint density at radius 2 is 2.06 bits per heavy atom. The third-order valence-corrected chi connectivity index (χ3v) is 2.52. The molecule has 0 spiro atoms. The van der Waals surface area contributed by atoms with Gasteiger partial charge in [0.05, 0.1) is 0 Å². The number of hydrogen-bond donors (Lipinski definition) is 0. The van der Waals surface area contributed by atoms with Crippen molar-refractivity contribution in [1.82, 2.24) is 9.97 Å². The summed E-state index contributed by atoms with van der Waals surface area (Å²) in [5.74, 6) is 0.188. The second-order valence-corrected chi connectivity index (χ2v) is 3.81. The molecule has 3 nitrogen and oxygen atoms in total. The van der Waals surface area contributed by atoms with Gasteiger partial charge in [0.25, 0.3) is 0 Å². The van der Waals surface area contributed by atoms with E-state index in [2.05, 4.69) is 9.97 Å². The molecule has 88 valence electrons. The van der Waals surface area contributed by atoms with Crippen LogP contribution in [-0.4, -0.2) is 23.6 Å². The quantitative estimate of drug-likeness (QED) is 0.756. The number of pyridine rings is 2. The molecule has 0 radical (unpaired) electrons. The number of likely N-dealkylation sites (N-methyl/N-ethyl adjacent to an activating group) is 1. The molecule has 0 fully saturated rings. The molecule has 0 aromatic carbocycles. The van der Waals surface area contributed by atoms with E-state index in [1.54, 1.807) is 18.3 Å². The summed E-state index contributed by atoms with van der Waals surface area (Å²) in [5.41, 5.74) is 1.02. The minimum Gasteiger partial charge on any atom is -0.359 e. The first-order valence-corrected chi connectivity index (χ1v) is 5.49. The molecule has 0 aliphatic heterocycles. The van der Waals surface area contributed by atoms with E-state index in [-0.39, 0.29) is 0 Å². The van der Waals surface area contributed by atoms with Crippen molar-refractivity contribution in [3.8, 4) is 0 Å². The van der Waals surface area contributed by atoms with E-state index < -0.39 is 5.95 Å². The predicted molar refractivity (Wildman–Crippen MR) is 65.4 cm³/mol. The van der Waals surface area contributed by atoms with E-state index in [0.29, 0.717) is 5.82 Å². The fraction of sp³-hybridized carbons (Fsp3) is 0.231. The molecule has 2 rings (SSSR count). The van der Waals surface area contributed by atoms with Crippen molar-refractivity contribution in [3.05, 3.63) is 54.2 Å². The third kappa shape index (κ3) is 3.24. The molecule has 0 unspecified atom stereocenters. The van der Waals surface area contributed by atoms with Crippen LogP contribution in [0.2, 0.25) is 0 Å². The largest absolute Gasteiger partial charge is 0.359 e. The standard InChI is InChI=1S/C13H14FN3/c1-17(13-7-4-6-12(14)16-13)10-8-11-5-2-3-9-15-11/h2-7,9H,8,10H2,1H3. The molecule has 0 aliphatic rings. The Hall–Kier alpha value is -1.97. The maximum Gasteiger partial charge on any atom is 0.214 e. The Morgan fingerprint density at radius 1 is 1.18 bits per heavy atom. The number of halogens is 1. The van der Waals surface area contributed by atoms with Gasteiger partial charge >= 0.3 is 0 Å². The van der Waals surface area contributed by atoms with Crippen LogP contribution in [0.25, 0.3) is 0 Å². The predicted octanol–water partition coefficient (Wildman–Crippen LogP) is 2.29. The molecule has 0 amide bonds. The van der Waals surface area contributed by atoms with E-state index in [1.807, 2.05) is 30.1 Å². The van der Waals surface area contributed by atoms with Gasteiger partial charge in [0.15, 0.2) is 0 Å². The van der Waals surface area contributed by atoms with Crippen LogP contribution in [0, 0.1) is 5.95 Å². The fourth-order valence-corrected chi connectivity index (χ4v) is 1.55. The summed E-state index contributed by atoms with van der Waals surface area (Å²) in [4.78, 5) is 9.98. The Balaban J connectivity index is 1.96. The van der Waals surface area contributed by atoms with Gasteiger partial charge in [-0.1, -0.05) is 12.1 Å². The smallest absolute Gasteiger partial charge is 0.214 e. The molecule has 2 aromatic heterocycles. The molecule has 0 bridgehead atoms. The van der Waals surface area contributed by atoms with E-state index in [9.17, 15) is 4.39 Å². The van der Waals surface area contributed by atoms with Crippen molar-refractivity contribution in [1.29, 1.82) is 0 Å². The van der Waals surface area contributed by atoms with Gasteiger partial charge in [-0.15, -0.1) is 0 Å². The zero-order valence-corrected chi connectivity index (χ0v) is 9.68. The molecule has 17 heavy (non-hydrogen) atoms. The van der Waals surface area contributed by atoms with Crippen LogP contribution < -0.4 is 4.90 Å². The lowest BCUT2D eigenvalue weighted by molar-refractivity contribution is 0.582. The van der Waals surface area contributed by atoms with Crippen LogP contribution in [0.5, 0.6) is 0 Å². The number of hydrogen-bond acceptors (Lipinski definition) is 3. The highest BCUT2D eigenvalue weighted by atomic mass is 19.1. The summed E-state index contributed by atoms with van der Waals surface area (Å²) in [7, 11) is 1.89. The average molecular weight is 231 g/mol. The molecule has 0 N–H and O–H groups in total. The second-order valence-electron chi connectivity index (χ2n) is 3.81. The Morgan fingerprint density at radius 3 is 2.76 bits per heavy atom. The van der Waals surface area contributed by atoms with Crippen LogP contribution >= 0.6 is 0 Å². The molecule has 0 aliphatic carbocycles. The number of rotatable bonds is 4. The summed E-state index contributed by atoms with van der Waals surface area (Å²) in [6.07, 6.45) is 2.59. The summed E-state index contributed by atoms with van der Waals surface area (Å²) in [6.45, 7) is 0.757. The van der Waals surface area contributed by atoms with E-state index in [1.165, 1.54) is 6.07 Å². The van der Waals surface area contributed by atoms with Crippen molar-refractivity contribution in [2.45, 2.75) is 6.42 Å². The molecule has 2 aromatic rings. The molecular formula is C13H14FN3. The first-order chi connectivity index (χ1) is 8.25. The van der Waals surface area contributed by atoms with E-state index in [4.69, 9.17) is 0 Å². The summed E-state index contributed by atoms with van der Waals surface area (Å²) >= 11 is 0. The topological polar surface area (TPSA) is 29.0 Å². The lowest BCUT2D eigenvalue weighted by Crippen LogP contribution is -2.21. The van der Waals surface area contributed by atoms with Gasteiger partial charge in [0.2, 0.25) is 5.95 Å². The van der Waals surface area contributed by atoms with Gasteiger partial charge in [-0.25, -0.2) is 4.98 Å². The van der Waals surface area contributed by atoms with Crippen LogP contribution in [0.4, 0.5) is 10.2 Å². The van der Waals surface area contributed by atoms with Gasteiger partial charge in [-0.2, -0.15) is 4.39 Å². The van der Waals surface area contributed by atoms with Gasteiger partial charge in [0, 0.05) is 31.9 Å². The van der Waals surface area contributed by atoms with Crippen LogP contribution in [0.15, 0.2) is 42.6 Å². The number of aromatic nitrogens is 2. The monoisotopic (exact) mass is 231 g/mol. The maximum absolute atomic E-state index is 12.9. The van der Waals surface area contributed by atoms with Crippen molar-refractivity contribution < 1.29 is 4.39 Å². The van der Waals surface area contributed by atoms with E-state index in [0.717, 1.165) is 18.7 Å². The first-order valence-electron chi connectivity index (χ1n) is 5.49. The lowest BCUT2D eigenvalue weighted by atomic mass is 10.2. The number of anilines is 1. The van der Waals surface area contributed by atoms with Gasteiger partial charge < -0.3 is 4.90 Å². The molecule has 0 saturated heterocycles. The molecular weight excluding hydrogens is 217 g/mol. The minimum atomic E-state index is -0.452. The minimum absolute atomic E-state index is 0.452. The first kappa shape index (κ1) is 11.5. The zero-order valence-electron chi connectivity index (χ0n) is 9.68. The highest BCUT2D eigenvalue weighted by Crippen LogP contribution is 2.09. The average Bonchev–Trinajstić information content (AvgIpc) is 2.37. The fourth-order valence-electron chi connectivity index (χ4n) is 1.55. The van der Waals surface area contributed by atoms with Crippen molar-refractivity contribution >= 4 is 5.82 Å². The molecule has 0 atom stereocenters. The van der Waals surface area contributed by atoms with Gasteiger partial charge in [0.1, 0.15) is 5.82 Å². The zero-order chi connectivity index (χ0) is 12.1. The maximum atomic E-state index is 12.9. The van der Waals surface area contributed by atoms with Gasteiger partial charge in [-0.05, 0) is 24.3 Å².